The molecule has 0 aromatic rings. The van der Waals surface area contributed by atoms with E-state index in [0.717, 1.165) is 35.5 Å². The summed E-state index contributed by atoms with van der Waals surface area (Å²) in [4.78, 5) is 0. The van der Waals surface area contributed by atoms with Crippen LogP contribution < -0.4 is 0 Å². The number of halogens is 2. The first-order valence-electron chi connectivity index (χ1n) is 17.8. The molecule has 0 heterocycles. The molecule has 0 aromatic heterocycles. The van der Waals surface area contributed by atoms with Crippen LogP contribution in [0.15, 0.2) is 0 Å². The van der Waals surface area contributed by atoms with Crippen molar-refractivity contribution in [3.05, 3.63) is 0 Å². The molecule has 0 aromatic carbocycles. The van der Waals surface area contributed by atoms with Crippen molar-refractivity contribution in [2.75, 3.05) is 0 Å². The molecule has 38 heavy (non-hydrogen) atoms. The molecule has 0 N–H and O–H groups in total. The molecule has 0 amide bonds. The summed E-state index contributed by atoms with van der Waals surface area (Å²) in [5.74, 6) is 6.00. The van der Waals surface area contributed by atoms with Crippen molar-refractivity contribution in [3.8, 4) is 0 Å². The first kappa shape index (κ1) is 30.1. The van der Waals surface area contributed by atoms with Gasteiger partial charge >= 0.3 is 0 Å². The molecule has 0 atom stereocenters. The van der Waals surface area contributed by atoms with Gasteiger partial charge in [0, 0.05) is 10.8 Å². The minimum Gasteiger partial charge on any atom is -0.100 e. The van der Waals surface area contributed by atoms with E-state index in [2.05, 4.69) is 13.8 Å². The molecule has 0 aliphatic heterocycles. The molecule has 0 saturated heterocycles. The van der Waals surface area contributed by atoms with Crippen LogP contribution in [0.1, 0.15) is 174 Å². The fourth-order valence-corrected chi connectivity index (χ4v) is 11.9. The third-order valence-electron chi connectivity index (χ3n) is 13.5. The van der Waals surface area contributed by atoms with Crippen molar-refractivity contribution in [3.63, 3.8) is 0 Å². The van der Waals surface area contributed by atoms with Crippen LogP contribution in [0.5, 0.6) is 0 Å². The summed E-state index contributed by atoms with van der Waals surface area (Å²) >= 11 is 14.9. The second kappa shape index (κ2) is 13.3. The van der Waals surface area contributed by atoms with Gasteiger partial charge in [-0.25, -0.2) is 0 Å². The summed E-state index contributed by atoms with van der Waals surface area (Å²) in [6, 6.07) is 0. The van der Waals surface area contributed by atoms with Crippen molar-refractivity contribution >= 4 is 23.2 Å². The van der Waals surface area contributed by atoms with E-state index < -0.39 is 4.33 Å². The second-order valence-corrected chi connectivity index (χ2v) is 16.9. The average molecular weight is 566 g/mol. The predicted molar refractivity (Wildman–Crippen MR) is 167 cm³/mol. The number of unbranched alkanes of at least 4 members (excludes halogenated alkanes) is 4. The largest absolute Gasteiger partial charge is 0.129 e. The van der Waals surface area contributed by atoms with Gasteiger partial charge in [0.2, 0.25) is 0 Å². The number of alkyl halides is 2. The van der Waals surface area contributed by atoms with Gasteiger partial charge in [0.1, 0.15) is 4.33 Å². The van der Waals surface area contributed by atoms with E-state index in [0.29, 0.717) is 0 Å². The van der Waals surface area contributed by atoms with Crippen LogP contribution in [-0.2, 0) is 0 Å². The average Bonchev–Trinajstić information content (AvgIpc) is 2.95. The molecule has 0 radical (unpaired) electrons. The van der Waals surface area contributed by atoms with Crippen LogP contribution in [0.4, 0.5) is 0 Å². The van der Waals surface area contributed by atoms with Gasteiger partial charge in [-0.15, -0.1) is 23.2 Å². The van der Waals surface area contributed by atoms with Gasteiger partial charge in [0.05, 0.1) is 0 Å². The van der Waals surface area contributed by atoms with E-state index in [-0.39, 0.29) is 10.8 Å². The monoisotopic (exact) mass is 564 g/mol. The molecular weight excluding hydrogens is 503 g/mol. The lowest BCUT2D eigenvalue weighted by atomic mass is 9.42. The van der Waals surface area contributed by atoms with Gasteiger partial charge in [-0.2, -0.15) is 0 Å². The molecule has 5 rings (SSSR count). The van der Waals surface area contributed by atoms with Crippen LogP contribution in [0, 0.1) is 46.3 Å². The van der Waals surface area contributed by atoms with Gasteiger partial charge in [-0.3, -0.25) is 0 Å². The Balaban J connectivity index is 1.04. The fourth-order valence-electron chi connectivity index (χ4n) is 10.9. The maximum absolute atomic E-state index is 7.47. The van der Waals surface area contributed by atoms with Crippen molar-refractivity contribution in [1.29, 1.82) is 0 Å². The Morgan fingerprint density at radius 1 is 0.474 bits per heavy atom. The van der Waals surface area contributed by atoms with E-state index in [1.54, 1.807) is 0 Å². The standard InChI is InChI=1S/C36H62Cl2/c1-3-5-7-9-28-11-15-30(16-12-28)32-19-23-34(24-20-32)27-35(36(34,37)38)25-21-33(22-26-35)31-17-13-29(14-18-31)10-8-6-4-2/h28-33H,3-27H2,1-2H3/t28?,29?,30?,31?,32-,33?,34-,35-. The van der Waals surface area contributed by atoms with E-state index >= 15 is 0 Å². The highest BCUT2D eigenvalue weighted by Crippen LogP contribution is 2.77. The van der Waals surface area contributed by atoms with Gasteiger partial charge in [-0.05, 0) is 119 Å². The summed E-state index contributed by atoms with van der Waals surface area (Å²) in [5.41, 5.74) is 0.487. The summed E-state index contributed by atoms with van der Waals surface area (Å²) < 4.78 is -0.455. The van der Waals surface area contributed by atoms with Crippen LogP contribution in [0.3, 0.4) is 0 Å². The van der Waals surface area contributed by atoms with E-state index in [9.17, 15) is 0 Å². The van der Waals surface area contributed by atoms with Crippen LogP contribution >= 0.6 is 23.2 Å². The number of rotatable bonds is 10. The Labute approximate surface area is 247 Å². The Hall–Kier alpha value is 0.580. The Kier molecular flexibility index (Phi) is 10.5. The second-order valence-electron chi connectivity index (χ2n) is 15.5. The molecule has 0 bridgehead atoms. The van der Waals surface area contributed by atoms with Gasteiger partial charge in [0.25, 0.3) is 0 Å². The highest BCUT2D eigenvalue weighted by atomic mass is 35.5. The molecule has 5 aliphatic rings. The zero-order chi connectivity index (χ0) is 26.6. The number of hydrogen-bond acceptors (Lipinski definition) is 0. The van der Waals surface area contributed by atoms with Gasteiger partial charge in [0.15, 0.2) is 0 Å². The summed E-state index contributed by atoms with van der Waals surface area (Å²) in [5, 5.41) is 0. The van der Waals surface area contributed by atoms with E-state index in [1.165, 1.54) is 161 Å². The lowest BCUT2D eigenvalue weighted by Gasteiger charge is -2.69. The Morgan fingerprint density at radius 2 is 0.816 bits per heavy atom. The van der Waals surface area contributed by atoms with Crippen molar-refractivity contribution < 1.29 is 0 Å². The summed E-state index contributed by atoms with van der Waals surface area (Å²) in [7, 11) is 0. The summed E-state index contributed by atoms with van der Waals surface area (Å²) in [6.07, 6.45) is 35.8. The first-order chi connectivity index (χ1) is 18.4. The molecule has 220 valence electrons. The first-order valence-corrected chi connectivity index (χ1v) is 18.6. The lowest BCUT2D eigenvalue weighted by molar-refractivity contribution is -0.122. The molecule has 2 heteroatoms. The van der Waals surface area contributed by atoms with Crippen molar-refractivity contribution in [2.45, 2.75) is 179 Å². The molecule has 5 fully saturated rings. The maximum atomic E-state index is 7.47. The Morgan fingerprint density at radius 3 is 1.13 bits per heavy atom. The van der Waals surface area contributed by atoms with E-state index in [4.69, 9.17) is 23.2 Å². The van der Waals surface area contributed by atoms with Crippen molar-refractivity contribution in [1.82, 2.24) is 0 Å². The zero-order valence-electron chi connectivity index (χ0n) is 25.4. The quantitative estimate of drug-likeness (QED) is 0.183. The van der Waals surface area contributed by atoms with Crippen LogP contribution in [0.2, 0.25) is 0 Å². The minimum atomic E-state index is -0.455. The molecule has 5 saturated carbocycles. The Bertz CT molecular complexity index is 637. The highest BCUT2D eigenvalue weighted by molar-refractivity contribution is 6.50. The maximum Gasteiger partial charge on any atom is 0.129 e. The topological polar surface area (TPSA) is 0 Å². The van der Waals surface area contributed by atoms with E-state index in [1.807, 2.05) is 0 Å². The predicted octanol–water partition coefficient (Wildman–Crippen LogP) is 12.7. The number of hydrogen-bond donors (Lipinski definition) is 0. The molecule has 0 unspecified atom stereocenters. The molecular formula is C36H62Cl2. The van der Waals surface area contributed by atoms with Crippen LogP contribution in [-0.4, -0.2) is 4.33 Å². The fraction of sp³-hybridized carbons (Fsp3) is 1.00. The molecule has 0 nitrogen and oxygen atoms in total. The third kappa shape index (κ3) is 6.18. The minimum absolute atomic E-state index is 0.243. The van der Waals surface area contributed by atoms with Gasteiger partial charge in [-0.1, -0.05) is 90.9 Å². The van der Waals surface area contributed by atoms with Crippen molar-refractivity contribution in [2.24, 2.45) is 46.3 Å². The molecule has 5 aliphatic carbocycles. The molecule has 2 spiro atoms. The zero-order valence-corrected chi connectivity index (χ0v) is 26.9. The SMILES string of the molecule is CCCCCC1CCC(C2CC[C@]3(CC2)C[C@@]2(CC[C@H](C4CCC(CCCCC)CC4)CC2)C3(Cl)Cl)CC1. The lowest BCUT2D eigenvalue weighted by Crippen LogP contribution is -2.66. The normalized spacial score (nSPS) is 43.3. The third-order valence-corrected chi connectivity index (χ3v) is 15.1. The van der Waals surface area contributed by atoms with Gasteiger partial charge < -0.3 is 0 Å². The highest BCUT2D eigenvalue weighted by Gasteiger charge is 2.72. The summed E-state index contributed by atoms with van der Waals surface area (Å²) in [6.45, 7) is 4.67. The van der Waals surface area contributed by atoms with Crippen LogP contribution in [0.25, 0.3) is 0 Å². The smallest absolute Gasteiger partial charge is 0.100 e.